The molecule has 1 aliphatic rings. The number of rotatable bonds is 4. The van der Waals surface area contributed by atoms with Crippen LogP contribution in [0.3, 0.4) is 0 Å². The second-order valence-electron chi connectivity index (χ2n) is 5.67. The highest BCUT2D eigenvalue weighted by Gasteiger charge is 2.32. The molecule has 18 heavy (non-hydrogen) atoms. The lowest BCUT2D eigenvalue weighted by atomic mass is 10.1. The minimum atomic E-state index is 0.0415. The number of nitrogens with zero attached hydrogens (tertiary/aromatic N) is 1. The van der Waals surface area contributed by atoms with Crippen molar-refractivity contribution < 1.29 is 4.74 Å². The fourth-order valence-electron chi connectivity index (χ4n) is 2.59. The number of anilines is 2. The summed E-state index contributed by atoms with van der Waals surface area (Å²) in [5.74, 6) is 0. The van der Waals surface area contributed by atoms with Gasteiger partial charge in [-0.15, -0.1) is 0 Å². The summed E-state index contributed by atoms with van der Waals surface area (Å²) < 4.78 is 6.06. The van der Waals surface area contributed by atoms with Gasteiger partial charge in [0.1, 0.15) is 0 Å². The number of nitrogens with two attached hydrogens (primary N) is 1. The van der Waals surface area contributed by atoms with Crippen LogP contribution in [-0.4, -0.2) is 24.8 Å². The van der Waals surface area contributed by atoms with Crippen LogP contribution in [-0.2, 0) is 4.74 Å². The van der Waals surface area contributed by atoms with E-state index >= 15 is 0 Å². The summed E-state index contributed by atoms with van der Waals surface area (Å²) in [7, 11) is 0. The predicted molar refractivity (Wildman–Crippen MR) is 76.9 cm³/mol. The average molecular weight is 248 g/mol. The van der Waals surface area contributed by atoms with Gasteiger partial charge in [0, 0.05) is 24.5 Å². The number of ether oxygens (including phenoxy) is 1. The van der Waals surface area contributed by atoms with E-state index in [1.54, 1.807) is 0 Å². The summed E-state index contributed by atoms with van der Waals surface area (Å²) in [4.78, 5) is 2.34. The Morgan fingerprint density at radius 2 is 2.22 bits per heavy atom. The van der Waals surface area contributed by atoms with Gasteiger partial charge in [-0.3, -0.25) is 0 Å². The Morgan fingerprint density at radius 1 is 1.44 bits per heavy atom. The standard InChI is InChI=1S/C15H24N2O/c1-4-17(13-7-5-6-12(16)10-13)11-14-8-9-15(2,3)18-14/h5-7,10,14H,4,8-9,11,16H2,1-3H3. The Labute approximate surface area is 110 Å². The minimum Gasteiger partial charge on any atom is -0.399 e. The lowest BCUT2D eigenvalue weighted by Gasteiger charge is -2.28. The topological polar surface area (TPSA) is 38.5 Å². The number of hydrogen-bond donors (Lipinski definition) is 1. The number of benzene rings is 1. The van der Waals surface area contributed by atoms with Crippen molar-refractivity contribution in [3.63, 3.8) is 0 Å². The van der Waals surface area contributed by atoms with Crippen LogP contribution >= 0.6 is 0 Å². The Morgan fingerprint density at radius 3 is 2.78 bits per heavy atom. The molecule has 0 aliphatic carbocycles. The summed E-state index contributed by atoms with van der Waals surface area (Å²) in [5.41, 5.74) is 7.89. The highest BCUT2D eigenvalue weighted by atomic mass is 16.5. The van der Waals surface area contributed by atoms with E-state index in [0.29, 0.717) is 6.10 Å². The van der Waals surface area contributed by atoms with Gasteiger partial charge in [0.15, 0.2) is 0 Å². The molecule has 2 N–H and O–H groups in total. The van der Waals surface area contributed by atoms with Gasteiger partial charge in [0.2, 0.25) is 0 Å². The number of nitrogen functional groups attached to an aromatic ring is 1. The van der Waals surface area contributed by atoms with Crippen LogP contribution in [0.1, 0.15) is 33.6 Å². The molecule has 0 saturated carbocycles. The van der Waals surface area contributed by atoms with E-state index in [-0.39, 0.29) is 5.60 Å². The van der Waals surface area contributed by atoms with Crippen molar-refractivity contribution in [1.29, 1.82) is 0 Å². The van der Waals surface area contributed by atoms with Crippen molar-refractivity contribution >= 4 is 11.4 Å². The lowest BCUT2D eigenvalue weighted by molar-refractivity contribution is -0.0114. The molecule has 1 aliphatic heterocycles. The van der Waals surface area contributed by atoms with Crippen molar-refractivity contribution in [2.75, 3.05) is 23.7 Å². The Hall–Kier alpha value is -1.22. The molecule has 0 bridgehead atoms. The zero-order chi connectivity index (χ0) is 13.2. The quantitative estimate of drug-likeness (QED) is 0.832. The zero-order valence-corrected chi connectivity index (χ0v) is 11.6. The van der Waals surface area contributed by atoms with Gasteiger partial charge in [-0.1, -0.05) is 6.07 Å². The SMILES string of the molecule is CCN(CC1CCC(C)(C)O1)c1cccc(N)c1. The number of hydrogen-bond acceptors (Lipinski definition) is 3. The summed E-state index contributed by atoms with van der Waals surface area (Å²) in [6.07, 6.45) is 2.62. The van der Waals surface area contributed by atoms with Gasteiger partial charge in [0.25, 0.3) is 0 Å². The molecule has 100 valence electrons. The summed E-state index contributed by atoms with van der Waals surface area (Å²) in [6.45, 7) is 8.43. The van der Waals surface area contributed by atoms with Crippen LogP contribution in [0.2, 0.25) is 0 Å². The molecule has 1 heterocycles. The molecule has 0 amide bonds. The largest absolute Gasteiger partial charge is 0.399 e. The van der Waals surface area contributed by atoms with Crippen LogP contribution in [0.4, 0.5) is 11.4 Å². The van der Waals surface area contributed by atoms with Crippen molar-refractivity contribution in [1.82, 2.24) is 0 Å². The maximum atomic E-state index is 6.06. The molecule has 1 atom stereocenters. The smallest absolute Gasteiger partial charge is 0.0758 e. The van der Waals surface area contributed by atoms with E-state index in [1.165, 1.54) is 5.69 Å². The molecule has 1 aromatic carbocycles. The second-order valence-corrected chi connectivity index (χ2v) is 5.67. The van der Waals surface area contributed by atoms with Gasteiger partial charge in [-0.05, 0) is 51.8 Å². The van der Waals surface area contributed by atoms with Crippen LogP contribution in [0.25, 0.3) is 0 Å². The molecule has 0 radical (unpaired) electrons. The second kappa shape index (κ2) is 5.19. The van der Waals surface area contributed by atoms with E-state index < -0.39 is 0 Å². The molecule has 2 rings (SSSR count). The van der Waals surface area contributed by atoms with E-state index in [0.717, 1.165) is 31.6 Å². The van der Waals surface area contributed by atoms with Crippen molar-refractivity contribution in [2.24, 2.45) is 0 Å². The first kappa shape index (κ1) is 13.2. The van der Waals surface area contributed by atoms with Gasteiger partial charge in [0.05, 0.1) is 11.7 Å². The highest BCUT2D eigenvalue weighted by molar-refractivity contribution is 5.55. The van der Waals surface area contributed by atoms with Gasteiger partial charge in [-0.2, -0.15) is 0 Å². The highest BCUT2D eigenvalue weighted by Crippen LogP contribution is 2.30. The summed E-state index contributed by atoms with van der Waals surface area (Å²) in [5, 5.41) is 0. The van der Waals surface area contributed by atoms with E-state index in [1.807, 2.05) is 18.2 Å². The maximum Gasteiger partial charge on any atom is 0.0758 e. The van der Waals surface area contributed by atoms with Crippen molar-refractivity contribution in [2.45, 2.75) is 45.3 Å². The van der Waals surface area contributed by atoms with Crippen LogP contribution < -0.4 is 10.6 Å². The first-order valence-corrected chi connectivity index (χ1v) is 6.78. The fraction of sp³-hybridized carbons (Fsp3) is 0.600. The molecular weight excluding hydrogens is 224 g/mol. The van der Waals surface area contributed by atoms with Crippen molar-refractivity contribution in [3.8, 4) is 0 Å². The molecule has 1 aromatic rings. The predicted octanol–water partition coefficient (Wildman–Crippen LogP) is 3.05. The molecule has 1 saturated heterocycles. The van der Waals surface area contributed by atoms with Crippen LogP contribution in [0.5, 0.6) is 0 Å². The van der Waals surface area contributed by atoms with Crippen LogP contribution in [0, 0.1) is 0 Å². The monoisotopic (exact) mass is 248 g/mol. The van der Waals surface area contributed by atoms with E-state index in [2.05, 4.69) is 31.7 Å². The molecule has 0 spiro atoms. The van der Waals surface area contributed by atoms with Crippen molar-refractivity contribution in [3.05, 3.63) is 24.3 Å². The summed E-state index contributed by atoms with van der Waals surface area (Å²) >= 11 is 0. The zero-order valence-electron chi connectivity index (χ0n) is 11.6. The lowest BCUT2D eigenvalue weighted by Crippen LogP contribution is -2.33. The maximum absolute atomic E-state index is 6.06. The Balaban J connectivity index is 2.02. The van der Waals surface area contributed by atoms with Gasteiger partial charge >= 0.3 is 0 Å². The Kier molecular flexibility index (Phi) is 3.81. The average Bonchev–Trinajstić information content (AvgIpc) is 2.65. The van der Waals surface area contributed by atoms with E-state index in [4.69, 9.17) is 10.5 Å². The molecule has 3 heteroatoms. The fourth-order valence-corrected chi connectivity index (χ4v) is 2.59. The molecular formula is C15H24N2O. The van der Waals surface area contributed by atoms with Crippen LogP contribution in [0.15, 0.2) is 24.3 Å². The van der Waals surface area contributed by atoms with Gasteiger partial charge in [-0.25, -0.2) is 0 Å². The minimum absolute atomic E-state index is 0.0415. The summed E-state index contributed by atoms with van der Waals surface area (Å²) in [6, 6.07) is 8.07. The Bertz CT molecular complexity index is 403. The third kappa shape index (κ3) is 3.16. The molecule has 1 fully saturated rings. The number of likely N-dealkylation sites (N-methyl/N-ethyl adjacent to an activating group) is 1. The van der Waals surface area contributed by atoms with E-state index in [9.17, 15) is 0 Å². The third-order valence-electron chi connectivity index (χ3n) is 3.60. The molecule has 3 nitrogen and oxygen atoms in total. The third-order valence-corrected chi connectivity index (χ3v) is 3.60. The molecule has 0 aromatic heterocycles. The first-order chi connectivity index (χ1) is 8.50. The molecule has 1 unspecified atom stereocenters. The van der Waals surface area contributed by atoms with Gasteiger partial charge < -0.3 is 15.4 Å². The normalized spacial score (nSPS) is 22.1. The first-order valence-electron chi connectivity index (χ1n) is 6.78.